The number of hydrogen-bond acceptors (Lipinski definition) is 9. The third kappa shape index (κ3) is 5.76. The zero-order valence-electron chi connectivity index (χ0n) is 21.0. The first kappa shape index (κ1) is 25.9. The van der Waals surface area contributed by atoms with Gasteiger partial charge in [-0.1, -0.05) is 6.58 Å². The third-order valence-corrected chi connectivity index (χ3v) is 6.45. The molecule has 1 saturated heterocycles. The molecule has 4 heterocycles. The molecule has 5 rings (SSSR count). The largest absolute Gasteiger partial charge is 0.395 e. The molecule has 1 aromatic carbocycles. The summed E-state index contributed by atoms with van der Waals surface area (Å²) < 4.78 is 16.8. The number of halogens is 1. The number of carbonyl (C=O) groups is 1. The van der Waals surface area contributed by atoms with Gasteiger partial charge in [0.2, 0.25) is 11.9 Å². The summed E-state index contributed by atoms with van der Waals surface area (Å²) in [6, 6.07) is 9.65. The Balaban J connectivity index is 1.41. The average molecular weight is 531 g/mol. The van der Waals surface area contributed by atoms with E-state index in [4.69, 9.17) is 5.11 Å². The van der Waals surface area contributed by atoms with Crippen molar-refractivity contribution >= 4 is 40.1 Å². The predicted octanol–water partition coefficient (Wildman–Crippen LogP) is 2.30. The second-order valence-corrected chi connectivity index (χ2v) is 8.91. The molecule has 0 bridgehead atoms. The Bertz CT molecular complexity index is 1580. The molecule has 1 aliphatic rings. The van der Waals surface area contributed by atoms with Gasteiger partial charge >= 0.3 is 0 Å². The van der Waals surface area contributed by atoms with Crippen molar-refractivity contribution in [3.05, 3.63) is 83.7 Å². The number of anilines is 4. The van der Waals surface area contributed by atoms with Gasteiger partial charge in [0, 0.05) is 69.1 Å². The number of piperazine rings is 1. The van der Waals surface area contributed by atoms with Crippen LogP contribution in [0.2, 0.25) is 0 Å². The molecule has 11 nitrogen and oxygen atoms in total. The number of β-amino-alcohol motifs (C(OH)–C–C–N with tert-alkyl or cyclic N) is 1. The maximum absolute atomic E-state index is 15.1. The molecule has 0 radical (unpaired) electrons. The number of nitrogens with zero attached hydrogens (tertiary/aromatic N) is 6. The first-order chi connectivity index (χ1) is 18.9. The van der Waals surface area contributed by atoms with Crippen molar-refractivity contribution in [3.8, 4) is 5.69 Å². The van der Waals surface area contributed by atoms with E-state index in [-0.39, 0.29) is 29.1 Å². The normalized spacial score (nSPS) is 13.8. The van der Waals surface area contributed by atoms with E-state index in [0.717, 1.165) is 37.9 Å². The highest BCUT2D eigenvalue weighted by Crippen LogP contribution is 2.25. The number of rotatable bonds is 8. The lowest BCUT2D eigenvalue weighted by Crippen LogP contribution is -2.47. The smallest absolute Gasteiger partial charge is 0.248 e. The zero-order chi connectivity index (χ0) is 27.4. The highest BCUT2D eigenvalue weighted by atomic mass is 19.1. The van der Waals surface area contributed by atoms with Crippen molar-refractivity contribution in [3.63, 3.8) is 0 Å². The number of aliphatic hydroxyl groups excluding tert-OH is 1. The van der Waals surface area contributed by atoms with Crippen LogP contribution in [0.25, 0.3) is 16.7 Å². The maximum atomic E-state index is 15.1. The summed E-state index contributed by atoms with van der Waals surface area (Å²) >= 11 is 0. The number of amides is 1. The van der Waals surface area contributed by atoms with Crippen molar-refractivity contribution < 1.29 is 14.3 Å². The molecular weight excluding hydrogens is 503 g/mol. The first-order valence-electron chi connectivity index (χ1n) is 12.4. The number of benzene rings is 1. The van der Waals surface area contributed by atoms with Gasteiger partial charge in [-0.15, -0.1) is 0 Å². The lowest BCUT2D eigenvalue weighted by atomic mass is 10.2. The summed E-state index contributed by atoms with van der Waals surface area (Å²) in [5.74, 6) is -0.458. The van der Waals surface area contributed by atoms with Gasteiger partial charge in [-0.3, -0.25) is 14.5 Å². The molecule has 12 heteroatoms. The van der Waals surface area contributed by atoms with E-state index in [1.165, 1.54) is 24.5 Å². The van der Waals surface area contributed by atoms with E-state index in [0.29, 0.717) is 23.7 Å². The predicted molar refractivity (Wildman–Crippen MR) is 147 cm³/mol. The van der Waals surface area contributed by atoms with Crippen LogP contribution in [-0.2, 0) is 4.79 Å². The van der Waals surface area contributed by atoms with E-state index in [1.807, 2.05) is 6.07 Å². The molecule has 39 heavy (non-hydrogen) atoms. The van der Waals surface area contributed by atoms with Gasteiger partial charge in [0.05, 0.1) is 23.4 Å². The van der Waals surface area contributed by atoms with E-state index in [1.54, 1.807) is 29.0 Å². The van der Waals surface area contributed by atoms with Crippen LogP contribution in [0.15, 0.2) is 72.4 Å². The Morgan fingerprint density at radius 2 is 1.92 bits per heavy atom. The van der Waals surface area contributed by atoms with Crippen molar-refractivity contribution in [2.45, 2.75) is 0 Å². The van der Waals surface area contributed by atoms with Crippen LogP contribution in [0.1, 0.15) is 0 Å². The van der Waals surface area contributed by atoms with E-state index >= 15 is 4.39 Å². The maximum Gasteiger partial charge on any atom is 0.248 e. The highest BCUT2D eigenvalue weighted by Gasteiger charge is 2.18. The van der Waals surface area contributed by atoms with Crippen molar-refractivity contribution in [2.24, 2.45) is 0 Å². The van der Waals surface area contributed by atoms with Crippen LogP contribution in [0.3, 0.4) is 0 Å². The third-order valence-electron chi connectivity index (χ3n) is 6.45. The number of nitrogens with one attached hydrogen (secondary N) is 2. The summed E-state index contributed by atoms with van der Waals surface area (Å²) in [5, 5.41) is 14.9. The minimum absolute atomic E-state index is 0.111. The topological polar surface area (TPSA) is 129 Å². The molecule has 1 aliphatic heterocycles. The number of carbonyl (C=O) groups excluding carboxylic acids is 1. The summed E-state index contributed by atoms with van der Waals surface area (Å²) in [6.07, 6.45) is 5.61. The van der Waals surface area contributed by atoms with Gasteiger partial charge in [-0.25, -0.2) is 14.4 Å². The molecule has 0 saturated carbocycles. The lowest BCUT2D eigenvalue weighted by molar-refractivity contribution is -0.111. The van der Waals surface area contributed by atoms with Crippen LogP contribution in [0, 0.1) is 5.82 Å². The minimum Gasteiger partial charge on any atom is -0.395 e. The molecule has 1 amide bonds. The first-order valence-corrected chi connectivity index (χ1v) is 12.4. The number of hydrogen-bond donors (Lipinski definition) is 3. The molecule has 200 valence electrons. The van der Waals surface area contributed by atoms with Gasteiger partial charge < -0.3 is 25.2 Å². The number of aromatic nitrogens is 4. The standard InChI is InChI=1S/C27H27FN8O3/c1-2-25(39)32-24-16-19(5-7-29-24)36-8-6-23(38)20-17-30-27(33-26(20)36)31-22-4-3-18(15-21(22)28)35-11-9-34(10-12-35)13-14-37/h2-8,15-17,37H,1,9-14H2,(H,29,32,39)(H,30,31,33). The Morgan fingerprint density at radius 3 is 2.67 bits per heavy atom. The van der Waals surface area contributed by atoms with Gasteiger partial charge in [-0.05, 0) is 30.3 Å². The molecule has 0 aliphatic carbocycles. The minimum atomic E-state index is -0.462. The van der Waals surface area contributed by atoms with Crippen LogP contribution in [0.4, 0.5) is 27.5 Å². The van der Waals surface area contributed by atoms with Crippen LogP contribution >= 0.6 is 0 Å². The number of aliphatic hydroxyl groups is 1. The summed E-state index contributed by atoms with van der Waals surface area (Å²) in [6.45, 7) is 7.28. The monoisotopic (exact) mass is 530 g/mol. The molecule has 0 atom stereocenters. The fourth-order valence-corrected chi connectivity index (χ4v) is 4.41. The quantitative estimate of drug-likeness (QED) is 0.294. The fourth-order valence-electron chi connectivity index (χ4n) is 4.41. The second-order valence-electron chi connectivity index (χ2n) is 8.91. The van der Waals surface area contributed by atoms with Gasteiger partial charge in [0.25, 0.3) is 0 Å². The van der Waals surface area contributed by atoms with Crippen molar-refractivity contribution in [1.29, 1.82) is 0 Å². The van der Waals surface area contributed by atoms with E-state index in [2.05, 4.69) is 42.0 Å². The average Bonchev–Trinajstić information content (AvgIpc) is 2.95. The number of fused-ring (bicyclic) bond motifs is 1. The van der Waals surface area contributed by atoms with Crippen LogP contribution in [-0.4, -0.2) is 74.8 Å². The summed E-state index contributed by atoms with van der Waals surface area (Å²) in [4.78, 5) is 41.3. The Kier molecular flexibility index (Phi) is 7.57. The van der Waals surface area contributed by atoms with Crippen molar-refractivity contribution in [2.75, 3.05) is 54.9 Å². The second kappa shape index (κ2) is 11.4. The van der Waals surface area contributed by atoms with Gasteiger partial charge in [-0.2, -0.15) is 4.98 Å². The Hall–Kier alpha value is -4.68. The lowest BCUT2D eigenvalue weighted by Gasteiger charge is -2.35. The summed E-state index contributed by atoms with van der Waals surface area (Å²) in [5.41, 5.74) is 1.59. The molecule has 3 N–H and O–H groups in total. The molecule has 1 fully saturated rings. The molecular formula is C27H27FN8O3. The van der Waals surface area contributed by atoms with Gasteiger partial charge in [0.15, 0.2) is 11.1 Å². The van der Waals surface area contributed by atoms with Crippen LogP contribution < -0.4 is 21.0 Å². The molecule has 0 unspecified atom stereocenters. The number of pyridine rings is 2. The summed E-state index contributed by atoms with van der Waals surface area (Å²) in [7, 11) is 0. The highest BCUT2D eigenvalue weighted by molar-refractivity contribution is 5.98. The van der Waals surface area contributed by atoms with Crippen LogP contribution in [0.5, 0.6) is 0 Å². The fraction of sp³-hybridized carbons (Fsp3) is 0.222. The van der Waals surface area contributed by atoms with E-state index < -0.39 is 11.7 Å². The molecule has 3 aromatic heterocycles. The SMILES string of the molecule is C=CC(=O)Nc1cc(-n2ccc(=O)c3cnc(Nc4ccc(N5CCN(CCO)CC5)cc4F)nc32)ccn1. The van der Waals surface area contributed by atoms with E-state index in [9.17, 15) is 9.59 Å². The zero-order valence-corrected chi connectivity index (χ0v) is 21.0. The van der Waals surface area contributed by atoms with Crippen molar-refractivity contribution in [1.82, 2.24) is 24.4 Å². The Morgan fingerprint density at radius 1 is 1.10 bits per heavy atom. The molecule has 0 spiro atoms. The molecule has 4 aromatic rings. The Labute approximate surface area is 223 Å². The van der Waals surface area contributed by atoms with Gasteiger partial charge in [0.1, 0.15) is 11.6 Å².